The van der Waals surface area contributed by atoms with Crippen LogP contribution in [0.1, 0.15) is 23.0 Å². The summed E-state index contributed by atoms with van der Waals surface area (Å²) in [6.07, 6.45) is 0.644. The van der Waals surface area contributed by atoms with Crippen molar-refractivity contribution < 1.29 is 28.6 Å². The third kappa shape index (κ3) is 4.52. The van der Waals surface area contributed by atoms with Crippen LogP contribution < -0.4 is 14.8 Å². The van der Waals surface area contributed by atoms with Crippen LogP contribution in [-0.4, -0.2) is 36.7 Å². The molecule has 7 nitrogen and oxygen atoms in total. The Labute approximate surface area is 139 Å². The number of benzene rings is 1. The lowest BCUT2D eigenvalue weighted by atomic mass is 10.2. The summed E-state index contributed by atoms with van der Waals surface area (Å²) in [5.41, 5.74) is 0.210. The van der Waals surface area contributed by atoms with Crippen LogP contribution in [0.2, 0.25) is 0 Å². The summed E-state index contributed by atoms with van der Waals surface area (Å²) in [6.45, 7) is 2.05. The van der Waals surface area contributed by atoms with Gasteiger partial charge >= 0.3 is 5.97 Å². The Morgan fingerprint density at radius 1 is 1.25 bits per heavy atom. The average molecular weight is 333 g/mol. The van der Waals surface area contributed by atoms with Gasteiger partial charge < -0.3 is 24.3 Å². The zero-order valence-electron chi connectivity index (χ0n) is 13.4. The van der Waals surface area contributed by atoms with Crippen molar-refractivity contribution in [1.82, 2.24) is 5.32 Å². The monoisotopic (exact) mass is 333 g/mol. The minimum Gasteiger partial charge on any atom is -0.493 e. The van der Waals surface area contributed by atoms with Crippen molar-refractivity contribution in [2.45, 2.75) is 19.4 Å². The first-order chi connectivity index (χ1) is 11.5. The van der Waals surface area contributed by atoms with Gasteiger partial charge in [0.2, 0.25) is 0 Å². The van der Waals surface area contributed by atoms with Crippen LogP contribution in [0.3, 0.4) is 0 Å². The Morgan fingerprint density at radius 3 is 2.62 bits per heavy atom. The summed E-state index contributed by atoms with van der Waals surface area (Å²) < 4.78 is 16.0. The number of carboxylic acids is 1. The van der Waals surface area contributed by atoms with E-state index < -0.39 is 11.9 Å². The molecule has 24 heavy (non-hydrogen) atoms. The van der Waals surface area contributed by atoms with Crippen molar-refractivity contribution in [2.24, 2.45) is 0 Å². The number of furan rings is 1. The fourth-order valence-electron chi connectivity index (χ4n) is 2.12. The number of carbonyl (C=O) groups excluding carboxylic acids is 1. The highest BCUT2D eigenvalue weighted by molar-refractivity contribution is 5.96. The normalized spacial score (nSPS) is 11.6. The van der Waals surface area contributed by atoms with Crippen molar-refractivity contribution in [3.8, 4) is 11.5 Å². The number of methoxy groups -OCH3 is 1. The van der Waals surface area contributed by atoms with E-state index in [9.17, 15) is 9.59 Å². The number of nitrogens with one attached hydrogen (secondary N) is 1. The van der Waals surface area contributed by atoms with E-state index in [1.54, 1.807) is 26.2 Å². The quantitative estimate of drug-likeness (QED) is 0.768. The fourth-order valence-corrected chi connectivity index (χ4v) is 2.12. The molecular formula is C17H19NO6. The molecule has 1 amide bonds. The van der Waals surface area contributed by atoms with Crippen LogP contribution in [0.5, 0.6) is 11.5 Å². The Hall–Kier alpha value is -2.96. The highest BCUT2D eigenvalue weighted by atomic mass is 16.5. The molecule has 2 N–H and O–H groups in total. The van der Waals surface area contributed by atoms with Gasteiger partial charge in [-0.2, -0.15) is 0 Å². The van der Waals surface area contributed by atoms with E-state index >= 15 is 0 Å². The van der Waals surface area contributed by atoms with E-state index in [1.165, 1.54) is 12.3 Å². The number of carboxylic acid groups (broad SMARTS) is 1. The molecule has 1 aromatic heterocycles. The Kier molecular flexibility index (Phi) is 5.83. The van der Waals surface area contributed by atoms with Gasteiger partial charge in [0, 0.05) is 0 Å². The van der Waals surface area contributed by atoms with Gasteiger partial charge in [-0.3, -0.25) is 9.59 Å². The van der Waals surface area contributed by atoms with Crippen molar-refractivity contribution in [3.63, 3.8) is 0 Å². The lowest BCUT2D eigenvalue weighted by Gasteiger charge is -2.17. The number of carbonyl (C=O) groups is 2. The SMILES string of the molecule is COc1ccccc1OC(C)CNC(=O)c1ccoc1CC(=O)O. The number of rotatable bonds is 8. The molecule has 1 aromatic carbocycles. The zero-order valence-corrected chi connectivity index (χ0v) is 13.4. The van der Waals surface area contributed by atoms with Gasteiger partial charge in [0.15, 0.2) is 11.5 Å². The predicted molar refractivity (Wildman–Crippen MR) is 85.5 cm³/mol. The van der Waals surface area contributed by atoms with Gasteiger partial charge in [-0.1, -0.05) is 12.1 Å². The molecule has 0 saturated carbocycles. The Balaban J connectivity index is 1.92. The number of aliphatic carboxylic acids is 1. The molecular weight excluding hydrogens is 314 g/mol. The maximum atomic E-state index is 12.1. The average Bonchev–Trinajstić information content (AvgIpc) is 3.00. The van der Waals surface area contributed by atoms with Gasteiger partial charge in [0.1, 0.15) is 18.3 Å². The summed E-state index contributed by atoms with van der Waals surface area (Å²) in [5.74, 6) is -0.161. The summed E-state index contributed by atoms with van der Waals surface area (Å²) in [6, 6.07) is 8.66. The molecule has 1 atom stereocenters. The molecule has 0 aliphatic rings. The molecule has 0 saturated heterocycles. The van der Waals surface area contributed by atoms with Gasteiger partial charge in [0.25, 0.3) is 5.91 Å². The van der Waals surface area contributed by atoms with E-state index in [1.807, 2.05) is 12.1 Å². The summed E-state index contributed by atoms with van der Waals surface area (Å²) in [4.78, 5) is 22.9. The van der Waals surface area contributed by atoms with Crippen molar-refractivity contribution in [1.29, 1.82) is 0 Å². The second kappa shape index (κ2) is 8.05. The second-order valence-corrected chi connectivity index (χ2v) is 5.12. The molecule has 0 aliphatic carbocycles. The number of ether oxygens (including phenoxy) is 2. The van der Waals surface area contributed by atoms with Gasteiger partial charge in [-0.25, -0.2) is 0 Å². The fraction of sp³-hybridized carbons (Fsp3) is 0.294. The smallest absolute Gasteiger partial charge is 0.311 e. The van der Waals surface area contributed by atoms with E-state index in [0.717, 1.165) is 0 Å². The number of para-hydroxylation sites is 2. The third-order valence-corrected chi connectivity index (χ3v) is 3.25. The van der Waals surface area contributed by atoms with Crippen molar-refractivity contribution in [3.05, 3.63) is 47.9 Å². The van der Waals surface area contributed by atoms with Crippen LogP contribution in [0.25, 0.3) is 0 Å². The molecule has 0 radical (unpaired) electrons. The molecule has 0 bridgehead atoms. The third-order valence-electron chi connectivity index (χ3n) is 3.25. The topological polar surface area (TPSA) is 98.0 Å². The lowest BCUT2D eigenvalue weighted by molar-refractivity contribution is -0.136. The summed E-state index contributed by atoms with van der Waals surface area (Å²) >= 11 is 0. The van der Waals surface area contributed by atoms with E-state index in [0.29, 0.717) is 11.5 Å². The molecule has 128 valence electrons. The number of amides is 1. The molecule has 0 fully saturated rings. The van der Waals surface area contributed by atoms with Crippen LogP contribution >= 0.6 is 0 Å². The first-order valence-corrected chi connectivity index (χ1v) is 7.37. The maximum absolute atomic E-state index is 12.1. The highest BCUT2D eigenvalue weighted by Gasteiger charge is 2.18. The van der Waals surface area contributed by atoms with Gasteiger partial charge in [-0.15, -0.1) is 0 Å². The number of hydrogen-bond donors (Lipinski definition) is 2. The van der Waals surface area contributed by atoms with Crippen LogP contribution in [0.4, 0.5) is 0 Å². The van der Waals surface area contributed by atoms with E-state index in [-0.39, 0.29) is 30.4 Å². The lowest BCUT2D eigenvalue weighted by Crippen LogP contribution is -2.34. The molecule has 1 heterocycles. The van der Waals surface area contributed by atoms with E-state index in [2.05, 4.69) is 5.32 Å². The van der Waals surface area contributed by atoms with Crippen LogP contribution in [-0.2, 0) is 11.2 Å². The highest BCUT2D eigenvalue weighted by Crippen LogP contribution is 2.26. The largest absolute Gasteiger partial charge is 0.493 e. The molecule has 0 spiro atoms. The van der Waals surface area contributed by atoms with Crippen molar-refractivity contribution in [2.75, 3.05) is 13.7 Å². The zero-order chi connectivity index (χ0) is 17.5. The molecule has 1 unspecified atom stereocenters. The first-order valence-electron chi connectivity index (χ1n) is 7.37. The summed E-state index contributed by atoms with van der Waals surface area (Å²) in [5, 5.41) is 11.5. The predicted octanol–water partition coefficient (Wildman–Crippen LogP) is 2.11. The van der Waals surface area contributed by atoms with Crippen LogP contribution in [0, 0.1) is 0 Å². The first kappa shape index (κ1) is 17.4. The second-order valence-electron chi connectivity index (χ2n) is 5.12. The standard InChI is InChI=1S/C17H19NO6/c1-11(24-14-6-4-3-5-13(14)22-2)10-18-17(21)12-7-8-23-15(12)9-16(19)20/h3-8,11H,9-10H2,1-2H3,(H,18,21)(H,19,20). The van der Waals surface area contributed by atoms with Gasteiger partial charge in [-0.05, 0) is 25.1 Å². The van der Waals surface area contributed by atoms with Crippen LogP contribution in [0.15, 0.2) is 41.0 Å². The van der Waals surface area contributed by atoms with Gasteiger partial charge in [0.05, 0.1) is 25.5 Å². The van der Waals surface area contributed by atoms with E-state index in [4.69, 9.17) is 19.0 Å². The molecule has 2 rings (SSSR count). The molecule has 7 heteroatoms. The maximum Gasteiger partial charge on any atom is 0.311 e. The molecule has 0 aliphatic heterocycles. The Morgan fingerprint density at radius 2 is 1.96 bits per heavy atom. The van der Waals surface area contributed by atoms with Crippen molar-refractivity contribution >= 4 is 11.9 Å². The molecule has 2 aromatic rings. The summed E-state index contributed by atoms with van der Waals surface area (Å²) in [7, 11) is 1.55. The minimum absolute atomic E-state index is 0.123. The number of hydrogen-bond acceptors (Lipinski definition) is 5. The minimum atomic E-state index is -1.06. The Bertz CT molecular complexity index is 709.